The van der Waals surface area contributed by atoms with Crippen molar-refractivity contribution in [3.05, 3.63) is 36.2 Å². The van der Waals surface area contributed by atoms with Crippen molar-refractivity contribution in [1.82, 2.24) is 14.8 Å². The van der Waals surface area contributed by atoms with Crippen LogP contribution >= 0.6 is 11.8 Å². The van der Waals surface area contributed by atoms with Crippen LogP contribution in [0.3, 0.4) is 0 Å². The van der Waals surface area contributed by atoms with Gasteiger partial charge in [0.25, 0.3) is 0 Å². The molecule has 0 radical (unpaired) electrons. The van der Waals surface area contributed by atoms with Crippen LogP contribution in [0.2, 0.25) is 0 Å². The SMILES string of the molecule is C[C@@H](Sc1nncn1C)C(=O)N1CCc2ccccc21. The van der Waals surface area contributed by atoms with E-state index in [-0.39, 0.29) is 11.2 Å². The molecule has 3 rings (SSSR count). The molecule has 2 aromatic rings. The molecule has 0 aliphatic carbocycles. The number of benzene rings is 1. The minimum absolute atomic E-state index is 0.128. The van der Waals surface area contributed by atoms with E-state index >= 15 is 0 Å². The molecular weight excluding hydrogens is 272 g/mol. The second kappa shape index (κ2) is 5.28. The number of carbonyl (C=O) groups excluding carboxylic acids is 1. The summed E-state index contributed by atoms with van der Waals surface area (Å²) in [5.74, 6) is 0.128. The fourth-order valence-corrected chi connectivity index (χ4v) is 3.23. The Morgan fingerprint density at radius 2 is 2.20 bits per heavy atom. The lowest BCUT2D eigenvalue weighted by atomic mass is 10.2. The average Bonchev–Trinajstić information content (AvgIpc) is 3.05. The number of nitrogens with zero attached hydrogens (tertiary/aromatic N) is 4. The number of anilines is 1. The first kappa shape index (κ1) is 13.2. The molecule has 6 heteroatoms. The predicted molar refractivity (Wildman–Crippen MR) is 78.8 cm³/mol. The van der Waals surface area contributed by atoms with Crippen LogP contribution < -0.4 is 4.90 Å². The third-order valence-electron chi connectivity index (χ3n) is 3.45. The van der Waals surface area contributed by atoms with Gasteiger partial charge in [0.2, 0.25) is 5.91 Å². The van der Waals surface area contributed by atoms with Gasteiger partial charge >= 0.3 is 0 Å². The summed E-state index contributed by atoms with van der Waals surface area (Å²) >= 11 is 1.44. The smallest absolute Gasteiger partial charge is 0.240 e. The highest BCUT2D eigenvalue weighted by Gasteiger charge is 2.28. The largest absolute Gasteiger partial charge is 0.312 e. The molecule has 5 nitrogen and oxygen atoms in total. The summed E-state index contributed by atoms with van der Waals surface area (Å²) < 4.78 is 1.83. The maximum absolute atomic E-state index is 12.6. The molecule has 1 amide bonds. The van der Waals surface area contributed by atoms with Gasteiger partial charge in [0.1, 0.15) is 6.33 Å². The fraction of sp³-hybridized carbons (Fsp3) is 0.357. The highest BCUT2D eigenvalue weighted by molar-refractivity contribution is 8.00. The summed E-state index contributed by atoms with van der Waals surface area (Å²) in [7, 11) is 1.88. The van der Waals surface area contributed by atoms with Crippen LogP contribution in [0.4, 0.5) is 5.69 Å². The summed E-state index contributed by atoms with van der Waals surface area (Å²) in [5, 5.41) is 8.43. The second-order valence-electron chi connectivity index (χ2n) is 4.85. The summed E-state index contributed by atoms with van der Waals surface area (Å²) in [6, 6.07) is 8.10. The fourth-order valence-electron chi connectivity index (χ4n) is 2.37. The van der Waals surface area contributed by atoms with Crippen molar-refractivity contribution >= 4 is 23.4 Å². The van der Waals surface area contributed by atoms with Gasteiger partial charge in [0.05, 0.1) is 5.25 Å². The maximum Gasteiger partial charge on any atom is 0.240 e. The van der Waals surface area contributed by atoms with Crippen molar-refractivity contribution < 1.29 is 4.79 Å². The van der Waals surface area contributed by atoms with Gasteiger partial charge in [0.15, 0.2) is 5.16 Å². The molecule has 104 valence electrons. The highest BCUT2D eigenvalue weighted by Crippen LogP contribution is 2.30. The monoisotopic (exact) mass is 288 g/mol. The topological polar surface area (TPSA) is 51.0 Å². The van der Waals surface area contributed by atoms with E-state index in [4.69, 9.17) is 0 Å². The molecule has 0 saturated carbocycles. The number of para-hydroxylation sites is 1. The molecule has 1 aromatic carbocycles. The quantitative estimate of drug-likeness (QED) is 0.809. The molecule has 20 heavy (non-hydrogen) atoms. The van der Waals surface area contributed by atoms with E-state index in [1.54, 1.807) is 6.33 Å². The number of aromatic nitrogens is 3. The van der Waals surface area contributed by atoms with Crippen LogP contribution in [-0.2, 0) is 18.3 Å². The normalized spacial score (nSPS) is 15.2. The van der Waals surface area contributed by atoms with Crippen molar-refractivity contribution in [3.63, 3.8) is 0 Å². The minimum Gasteiger partial charge on any atom is -0.312 e. The van der Waals surface area contributed by atoms with Crippen molar-refractivity contribution in [1.29, 1.82) is 0 Å². The van der Waals surface area contributed by atoms with Crippen molar-refractivity contribution in [2.45, 2.75) is 23.8 Å². The second-order valence-corrected chi connectivity index (χ2v) is 6.16. The average molecular weight is 288 g/mol. The predicted octanol–water partition coefficient (Wildman–Crippen LogP) is 1.88. The van der Waals surface area contributed by atoms with E-state index in [0.29, 0.717) is 0 Å². The van der Waals surface area contributed by atoms with Gasteiger partial charge in [-0.3, -0.25) is 4.79 Å². The van der Waals surface area contributed by atoms with Crippen molar-refractivity contribution in [2.75, 3.05) is 11.4 Å². The van der Waals surface area contributed by atoms with Gasteiger partial charge in [-0.2, -0.15) is 0 Å². The first-order valence-electron chi connectivity index (χ1n) is 6.57. The Balaban J connectivity index is 1.75. The Bertz CT molecular complexity index is 640. The molecule has 0 saturated heterocycles. The number of fused-ring (bicyclic) bond motifs is 1. The van der Waals surface area contributed by atoms with E-state index in [0.717, 1.165) is 23.8 Å². The number of amides is 1. The standard InChI is InChI=1S/C14H16N4OS/c1-10(20-14-16-15-9-17(14)2)13(19)18-8-7-11-5-3-4-6-12(11)18/h3-6,9-10H,7-8H2,1-2H3/t10-/m1/s1. The Hall–Kier alpha value is -1.82. The number of carbonyl (C=O) groups is 1. The third kappa shape index (κ3) is 2.31. The van der Waals surface area contributed by atoms with Crippen LogP contribution in [0.15, 0.2) is 35.7 Å². The number of hydrogen-bond donors (Lipinski definition) is 0. The molecule has 0 N–H and O–H groups in total. The minimum atomic E-state index is -0.177. The molecule has 2 heterocycles. The summed E-state index contributed by atoms with van der Waals surface area (Å²) in [4.78, 5) is 14.5. The van der Waals surface area contributed by atoms with Gasteiger partial charge < -0.3 is 9.47 Å². The van der Waals surface area contributed by atoms with Gasteiger partial charge in [0, 0.05) is 19.3 Å². The molecule has 0 unspecified atom stereocenters. The number of aryl methyl sites for hydroxylation is 1. The Morgan fingerprint density at radius 3 is 2.95 bits per heavy atom. The highest BCUT2D eigenvalue weighted by atomic mass is 32.2. The van der Waals surface area contributed by atoms with Gasteiger partial charge in [-0.15, -0.1) is 10.2 Å². The summed E-state index contributed by atoms with van der Waals surface area (Å²) in [6.45, 7) is 2.69. The van der Waals surface area contributed by atoms with Crippen LogP contribution in [0, 0.1) is 0 Å². The van der Waals surface area contributed by atoms with Crippen LogP contribution in [0.1, 0.15) is 12.5 Å². The molecule has 0 fully saturated rings. The van der Waals surface area contributed by atoms with Gasteiger partial charge in [-0.05, 0) is 25.0 Å². The Morgan fingerprint density at radius 1 is 1.40 bits per heavy atom. The van der Waals surface area contributed by atoms with Crippen LogP contribution in [0.25, 0.3) is 0 Å². The lowest BCUT2D eigenvalue weighted by Crippen LogP contribution is -2.35. The zero-order valence-corrected chi connectivity index (χ0v) is 12.3. The lowest BCUT2D eigenvalue weighted by Gasteiger charge is -2.21. The first-order chi connectivity index (χ1) is 9.66. The van der Waals surface area contributed by atoms with E-state index < -0.39 is 0 Å². The number of thioether (sulfide) groups is 1. The Labute approximate surface area is 122 Å². The van der Waals surface area contributed by atoms with E-state index in [1.165, 1.54) is 17.3 Å². The molecule has 1 atom stereocenters. The van der Waals surface area contributed by atoms with E-state index in [9.17, 15) is 4.79 Å². The van der Waals surface area contributed by atoms with Gasteiger partial charge in [-0.1, -0.05) is 30.0 Å². The summed E-state index contributed by atoms with van der Waals surface area (Å²) in [6.07, 6.45) is 2.58. The number of rotatable bonds is 3. The third-order valence-corrected chi connectivity index (χ3v) is 4.59. The van der Waals surface area contributed by atoms with E-state index in [1.807, 2.05) is 41.6 Å². The zero-order valence-electron chi connectivity index (χ0n) is 11.5. The van der Waals surface area contributed by atoms with E-state index in [2.05, 4.69) is 16.3 Å². The molecular formula is C14H16N4OS. The summed E-state index contributed by atoms with van der Waals surface area (Å²) in [5.41, 5.74) is 2.29. The van der Waals surface area contributed by atoms with Crippen LogP contribution in [0.5, 0.6) is 0 Å². The number of hydrogen-bond acceptors (Lipinski definition) is 4. The Kier molecular flexibility index (Phi) is 3.48. The molecule has 0 spiro atoms. The lowest BCUT2D eigenvalue weighted by molar-refractivity contribution is -0.117. The van der Waals surface area contributed by atoms with Crippen molar-refractivity contribution in [3.8, 4) is 0 Å². The zero-order chi connectivity index (χ0) is 14.1. The van der Waals surface area contributed by atoms with Crippen molar-refractivity contribution in [2.24, 2.45) is 7.05 Å². The van der Waals surface area contributed by atoms with Crippen LogP contribution in [-0.4, -0.2) is 32.5 Å². The van der Waals surface area contributed by atoms with Gasteiger partial charge in [-0.25, -0.2) is 0 Å². The molecule has 1 aliphatic heterocycles. The molecule has 1 aliphatic rings. The first-order valence-corrected chi connectivity index (χ1v) is 7.44. The molecule has 0 bridgehead atoms. The molecule has 1 aromatic heterocycles. The maximum atomic E-state index is 12.6.